The fourth-order valence-corrected chi connectivity index (χ4v) is 5.01. The standard InChI is InChI=1S/C30H44N2O2/c1-5-8-10-25-11-13-26(14-12-25)24-30(7-3,31(4)19-9-6-2)29(33)27-15-17-28(18-16-27)32-20-22-34-23-21-32/h11-18H,5-10,19-24H2,1-4H3. The summed E-state index contributed by atoms with van der Waals surface area (Å²) in [6.07, 6.45) is 7.30. The molecule has 0 radical (unpaired) electrons. The number of Topliss-reactive ketones (excluding diaryl/α,β-unsaturated/α-hetero) is 1. The normalized spacial score (nSPS) is 16.0. The molecule has 186 valence electrons. The van der Waals surface area contributed by atoms with E-state index in [1.807, 2.05) is 12.1 Å². The first-order valence-corrected chi connectivity index (χ1v) is 13.3. The monoisotopic (exact) mass is 464 g/mol. The van der Waals surface area contributed by atoms with Gasteiger partial charge in [-0.15, -0.1) is 0 Å². The minimum absolute atomic E-state index is 0.234. The lowest BCUT2D eigenvalue weighted by Crippen LogP contribution is -2.54. The van der Waals surface area contributed by atoms with Crippen LogP contribution in [-0.4, -0.2) is 56.1 Å². The van der Waals surface area contributed by atoms with Crippen LogP contribution in [0.5, 0.6) is 0 Å². The maximum absolute atomic E-state index is 14.1. The summed E-state index contributed by atoms with van der Waals surface area (Å²) >= 11 is 0. The van der Waals surface area contributed by atoms with Gasteiger partial charge in [0.05, 0.1) is 18.8 Å². The van der Waals surface area contributed by atoms with Gasteiger partial charge in [0, 0.05) is 24.3 Å². The summed E-state index contributed by atoms with van der Waals surface area (Å²) in [7, 11) is 2.13. The zero-order valence-corrected chi connectivity index (χ0v) is 21.8. The molecule has 0 bridgehead atoms. The average molecular weight is 465 g/mol. The number of hydrogen-bond donors (Lipinski definition) is 0. The molecule has 0 N–H and O–H groups in total. The van der Waals surface area contributed by atoms with Crippen molar-refractivity contribution in [2.24, 2.45) is 0 Å². The van der Waals surface area contributed by atoms with E-state index in [1.165, 1.54) is 29.7 Å². The first-order valence-electron chi connectivity index (χ1n) is 13.3. The van der Waals surface area contributed by atoms with Crippen LogP contribution in [0.4, 0.5) is 5.69 Å². The lowest BCUT2D eigenvalue weighted by Gasteiger charge is -2.41. The Balaban J connectivity index is 1.85. The van der Waals surface area contributed by atoms with E-state index in [-0.39, 0.29) is 5.78 Å². The van der Waals surface area contributed by atoms with Crippen molar-refractivity contribution >= 4 is 11.5 Å². The van der Waals surface area contributed by atoms with Gasteiger partial charge >= 0.3 is 0 Å². The van der Waals surface area contributed by atoms with Gasteiger partial charge in [-0.3, -0.25) is 9.69 Å². The number of benzene rings is 2. The second-order valence-electron chi connectivity index (χ2n) is 9.73. The van der Waals surface area contributed by atoms with Gasteiger partial charge in [0.1, 0.15) is 0 Å². The molecule has 0 aromatic heterocycles. The number of aryl methyl sites for hydroxylation is 1. The summed E-state index contributed by atoms with van der Waals surface area (Å²) in [4.78, 5) is 18.8. The molecular formula is C30H44N2O2. The van der Waals surface area contributed by atoms with Gasteiger partial charge in [0.15, 0.2) is 5.78 Å². The topological polar surface area (TPSA) is 32.8 Å². The zero-order chi connectivity index (χ0) is 24.4. The van der Waals surface area contributed by atoms with Crippen LogP contribution in [-0.2, 0) is 17.6 Å². The zero-order valence-electron chi connectivity index (χ0n) is 21.8. The molecule has 1 heterocycles. The molecule has 0 aliphatic carbocycles. The molecular weight excluding hydrogens is 420 g/mol. The number of likely N-dealkylation sites (N-methyl/N-ethyl adjacent to an activating group) is 1. The van der Waals surface area contributed by atoms with Crippen LogP contribution in [0.1, 0.15) is 74.4 Å². The summed E-state index contributed by atoms with van der Waals surface area (Å²) in [5, 5.41) is 0. The number of ether oxygens (including phenoxy) is 1. The van der Waals surface area contributed by atoms with E-state index >= 15 is 0 Å². The molecule has 0 amide bonds. The Hall–Kier alpha value is -2.17. The second kappa shape index (κ2) is 13.1. The highest BCUT2D eigenvalue weighted by atomic mass is 16.5. The van der Waals surface area contributed by atoms with Gasteiger partial charge < -0.3 is 9.64 Å². The molecule has 1 atom stereocenters. The molecule has 1 fully saturated rings. The SMILES string of the molecule is CCCCc1ccc(CC(CC)(C(=O)c2ccc(N3CCOCC3)cc2)N(C)CCCC)cc1. The molecule has 2 aromatic carbocycles. The quantitative estimate of drug-likeness (QED) is 0.332. The Morgan fingerprint density at radius 2 is 1.53 bits per heavy atom. The Morgan fingerprint density at radius 1 is 0.912 bits per heavy atom. The highest BCUT2D eigenvalue weighted by Gasteiger charge is 2.40. The second-order valence-corrected chi connectivity index (χ2v) is 9.73. The van der Waals surface area contributed by atoms with E-state index in [0.29, 0.717) is 0 Å². The van der Waals surface area contributed by atoms with Crippen molar-refractivity contribution in [2.75, 3.05) is 44.8 Å². The lowest BCUT2D eigenvalue weighted by molar-refractivity contribution is 0.0596. The maximum Gasteiger partial charge on any atom is 0.183 e. The number of ketones is 1. The minimum Gasteiger partial charge on any atom is -0.378 e. The van der Waals surface area contributed by atoms with Gasteiger partial charge in [0.2, 0.25) is 0 Å². The number of unbranched alkanes of at least 4 members (excludes halogenated alkanes) is 2. The number of anilines is 1. The smallest absolute Gasteiger partial charge is 0.183 e. The third kappa shape index (κ3) is 6.49. The van der Waals surface area contributed by atoms with Crippen LogP contribution in [0.2, 0.25) is 0 Å². The summed E-state index contributed by atoms with van der Waals surface area (Å²) in [6.45, 7) is 10.9. The molecule has 1 unspecified atom stereocenters. The Bertz CT molecular complexity index is 872. The number of rotatable bonds is 13. The molecule has 1 aliphatic rings. The van der Waals surface area contributed by atoms with Crippen molar-refractivity contribution in [3.8, 4) is 0 Å². The molecule has 2 aromatic rings. The van der Waals surface area contributed by atoms with Gasteiger partial charge in [-0.1, -0.05) is 57.9 Å². The molecule has 0 saturated carbocycles. The summed E-state index contributed by atoms with van der Waals surface area (Å²) in [5.74, 6) is 0.234. The molecule has 3 rings (SSSR count). The van der Waals surface area contributed by atoms with E-state index in [0.717, 1.165) is 70.5 Å². The van der Waals surface area contributed by atoms with Crippen LogP contribution >= 0.6 is 0 Å². The number of carbonyl (C=O) groups excluding carboxylic acids is 1. The summed E-state index contributed by atoms with van der Waals surface area (Å²) < 4.78 is 5.48. The van der Waals surface area contributed by atoms with Gasteiger partial charge in [-0.05, 0) is 81.1 Å². The first-order chi connectivity index (χ1) is 16.5. The van der Waals surface area contributed by atoms with Crippen molar-refractivity contribution in [3.05, 3.63) is 65.2 Å². The molecule has 1 saturated heterocycles. The largest absolute Gasteiger partial charge is 0.378 e. The fraction of sp³-hybridized carbons (Fsp3) is 0.567. The van der Waals surface area contributed by atoms with Crippen molar-refractivity contribution < 1.29 is 9.53 Å². The molecule has 0 spiro atoms. The molecule has 4 heteroatoms. The van der Waals surface area contributed by atoms with Crippen LogP contribution in [0.15, 0.2) is 48.5 Å². The Morgan fingerprint density at radius 3 is 2.12 bits per heavy atom. The summed E-state index contributed by atoms with van der Waals surface area (Å²) in [6, 6.07) is 17.2. The number of nitrogens with zero attached hydrogens (tertiary/aromatic N) is 2. The minimum atomic E-state index is -0.541. The van der Waals surface area contributed by atoms with Crippen LogP contribution in [0.25, 0.3) is 0 Å². The highest BCUT2D eigenvalue weighted by Crippen LogP contribution is 2.30. The fourth-order valence-electron chi connectivity index (χ4n) is 5.01. The molecule has 4 nitrogen and oxygen atoms in total. The number of hydrogen-bond acceptors (Lipinski definition) is 4. The van der Waals surface area contributed by atoms with Crippen molar-refractivity contribution in [1.82, 2.24) is 4.90 Å². The van der Waals surface area contributed by atoms with Gasteiger partial charge in [-0.2, -0.15) is 0 Å². The van der Waals surface area contributed by atoms with Crippen molar-refractivity contribution in [1.29, 1.82) is 0 Å². The van der Waals surface area contributed by atoms with Gasteiger partial charge in [0.25, 0.3) is 0 Å². The number of carbonyl (C=O) groups is 1. The van der Waals surface area contributed by atoms with E-state index in [4.69, 9.17) is 4.74 Å². The highest BCUT2D eigenvalue weighted by molar-refractivity contribution is 6.03. The Labute approximate surface area is 207 Å². The molecule has 34 heavy (non-hydrogen) atoms. The number of morpholine rings is 1. The maximum atomic E-state index is 14.1. The van der Waals surface area contributed by atoms with Crippen LogP contribution in [0, 0.1) is 0 Å². The van der Waals surface area contributed by atoms with Crippen LogP contribution in [0.3, 0.4) is 0 Å². The summed E-state index contributed by atoms with van der Waals surface area (Å²) in [5.41, 5.74) is 4.06. The van der Waals surface area contributed by atoms with E-state index in [9.17, 15) is 4.79 Å². The first kappa shape index (κ1) is 26.4. The van der Waals surface area contributed by atoms with E-state index in [1.54, 1.807) is 0 Å². The molecule has 1 aliphatic heterocycles. The predicted octanol–water partition coefficient (Wildman–Crippen LogP) is 6.17. The van der Waals surface area contributed by atoms with Gasteiger partial charge in [-0.25, -0.2) is 0 Å². The van der Waals surface area contributed by atoms with Crippen molar-refractivity contribution in [2.45, 2.75) is 71.3 Å². The van der Waals surface area contributed by atoms with Crippen molar-refractivity contribution in [3.63, 3.8) is 0 Å². The van der Waals surface area contributed by atoms with E-state index < -0.39 is 5.54 Å². The van der Waals surface area contributed by atoms with Crippen LogP contribution < -0.4 is 4.90 Å². The lowest BCUT2D eigenvalue weighted by atomic mass is 9.79. The third-order valence-corrected chi connectivity index (χ3v) is 7.43. The van der Waals surface area contributed by atoms with E-state index in [2.05, 4.69) is 74.0 Å². The predicted molar refractivity (Wildman–Crippen MR) is 143 cm³/mol. The Kier molecular flexibility index (Phi) is 10.2. The average Bonchev–Trinajstić information content (AvgIpc) is 2.90. The third-order valence-electron chi connectivity index (χ3n) is 7.43.